The number of rotatable bonds is 7. The smallest absolute Gasteiger partial charge is 0.293 e. The Morgan fingerprint density at radius 3 is 2.69 bits per heavy atom. The summed E-state index contributed by atoms with van der Waals surface area (Å²) in [5, 5.41) is 10.4. The summed E-state index contributed by atoms with van der Waals surface area (Å²) in [6.45, 7) is 2.38. The van der Waals surface area contributed by atoms with Gasteiger partial charge in [0.15, 0.2) is 11.5 Å². The number of halogens is 2. The number of aromatic hydroxyl groups is 1. The van der Waals surface area contributed by atoms with Gasteiger partial charge in [0.25, 0.3) is 11.1 Å². The van der Waals surface area contributed by atoms with Crippen LogP contribution in [0.2, 0.25) is 5.02 Å². The van der Waals surface area contributed by atoms with Crippen LogP contribution in [-0.4, -0.2) is 40.9 Å². The van der Waals surface area contributed by atoms with Crippen molar-refractivity contribution in [2.45, 2.75) is 6.92 Å². The molecular weight excluding hydrogens is 482 g/mol. The molecule has 2 aromatic rings. The van der Waals surface area contributed by atoms with E-state index in [9.17, 15) is 14.7 Å². The average Bonchev–Trinajstić information content (AvgIpc) is 2.94. The van der Waals surface area contributed by atoms with Gasteiger partial charge in [0, 0.05) is 10.0 Å². The van der Waals surface area contributed by atoms with Gasteiger partial charge in [-0.2, -0.15) is 0 Å². The third-order valence-electron chi connectivity index (χ3n) is 3.94. The number of hydrogen-bond acceptors (Lipinski definition) is 6. The molecule has 152 valence electrons. The Balaban J connectivity index is 1.72. The number of carbonyl (C=O) groups is 2. The van der Waals surface area contributed by atoms with Crippen LogP contribution in [0.3, 0.4) is 0 Å². The molecule has 0 spiro atoms. The topological polar surface area (TPSA) is 76.1 Å². The molecular formula is C20H17BrClNO5S. The fourth-order valence-electron chi connectivity index (χ4n) is 2.61. The molecule has 6 nitrogen and oxygen atoms in total. The summed E-state index contributed by atoms with van der Waals surface area (Å²) >= 11 is 10.2. The highest BCUT2D eigenvalue weighted by Gasteiger charge is 2.35. The minimum Gasteiger partial charge on any atom is -0.504 e. The zero-order valence-electron chi connectivity index (χ0n) is 15.4. The number of carbonyl (C=O) groups excluding carboxylic acids is 2. The summed E-state index contributed by atoms with van der Waals surface area (Å²) in [4.78, 5) is 26.2. The van der Waals surface area contributed by atoms with Crippen molar-refractivity contribution in [2.24, 2.45) is 0 Å². The van der Waals surface area contributed by atoms with Gasteiger partial charge in [0.1, 0.15) is 12.4 Å². The summed E-state index contributed by atoms with van der Waals surface area (Å²) in [5.41, 5.74) is 0.376. The minimum atomic E-state index is -0.444. The third-order valence-corrected chi connectivity index (χ3v) is 5.62. The van der Waals surface area contributed by atoms with Crippen molar-refractivity contribution in [3.63, 3.8) is 0 Å². The summed E-state index contributed by atoms with van der Waals surface area (Å²) in [6, 6.07) is 10.2. The van der Waals surface area contributed by atoms with Crippen LogP contribution < -0.4 is 9.47 Å². The molecule has 0 aromatic heterocycles. The third kappa shape index (κ3) is 5.07. The second-order valence-electron chi connectivity index (χ2n) is 5.89. The van der Waals surface area contributed by atoms with E-state index >= 15 is 0 Å². The van der Waals surface area contributed by atoms with E-state index in [1.54, 1.807) is 43.3 Å². The predicted molar refractivity (Wildman–Crippen MR) is 117 cm³/mol. The SMILES string of the molecule is CCOc1cc(Br)cc(/C=C2\SC(=O)N(CCOc3ccccc3Cl)C2=O)c1O. The fourth-order valence-corrected chi connectivity index (χ4v) is 4.11. The minimum absolute atomic E-state index is 0.0852. The maximum Gasteiger partial charge on any atom is 0.293 e. The Morgan fingerprint density at radius 2 is 1.97 bits per heavy atom. The molecule has 0 radical (unpaired) electrons. The largest absolute Gasteiger partial charge is 0.504 e. The summed E-state index contributed by atoms with van der Waals surface area (Å²) in [6.07, 6.45) is 1.47. The molecule has 0 aliphatic carbocycles. The van der Waals surface area contributed by atoms with Gasteiger partial charge in [-0.25, -0.2) is 0 Å². The summed E-state index contributed by atoms with van der Waals surface area (Å²) < 4.78 is 11.6. The van der Waals surface area contributed by atoms with Gasteiger partial charge < -0.3 is 14.6 Å². The lowest BCUT2D eigenvalue weighted by atomic mass is 10.1. The van der Waals surface area contributed by atoms with E-state index in [0.717, 1.165) is 16.7 Å². The lowest BCUT2D eigenvalue weighted by molar-refractivity contribution is -0.123. The Kier molecular flexibility index (Phi) is 7.10. The van der Waals surface area contributed by atoms with Crippen LogP contribution in [-0.2, 0) is 4.79 Å². The van der Waals surface area contributed by atoms with Gasteiger partial charge in [-0.3, -0.25) is 14.5 Å². The van der Waals surface area contributed by atoms with Gasteiger partial charge in [0.05, 0.1) is 23.1 Å². The maximum absolute atomic E-state index is 12.6. The molecule has 0 atom stereocenters. The molecule has 1 saturated heterocycles. The zero-order chi connectivity index (χ0) is 21.0. The molecule has 0 saturated carbocycles. The second kappa shape index (κ2) is 9.56. The number of thioether (sulfide) groups is 1. The summed E-state index contributed by atoms with van der Waals surface area (Å²) in [5.74, 6) is 0.240. The van der Waals surface area contributed by atoms with Crippen LogP contribution in [0.5, 0.6) is 17.2 Å². The Morgan fingerprint density at radius 1 is 1.21 bits per heavy atom. The lowest BCUT2D eigenvalue weighted by Crippen LogP contribution is -2.32. The Hall–Kier alpha value is -2.16. The highest BCUT2D eigenvalue weighted by atomic mass is 79.9. The first-order valence-electron chi connectivity index (χ1n) is 8.68. The number of phenols is 1. The number of imide groups is 1. The van der Waals surface area contributed by atoms with E-state index < -0.39 is 11.1 Å². The van der Waals surface area contributed by atoms with Gasteiger partial charge in [-0.05, 0) is 49.0 Å². The number of phenolic OH excluding ortho intramolecular Hbond substituents is 1. The van der Waals surface area contributed by atoms with E-state index in [0.29, 0.717) is 33.2 Å². The molecule has 0 unspecified atom stereocenters. The van der Waals surface area contributed by atoms with Crippen molar-refractivity contribution in [1.82, 2.24) is 4.90 Å². The first kappa shape index (κ1) is 21.5. The number of benzene rings is 2. The quantitative estimate of drug-likeness (QED) is 0.521. The first-order valence-corrected chi connectivity index (χ1v) is 10.7. The van der Waals surface area contributed by atoms with Crippen LogP contribution in [0, 0.1) is 0 Å². The Labute approximate surface area is 185 Å². The van der Waals surface area contributed by atoms with E-state index in [1.165, 1.54) is 6.08 Å². The first-order chi connectivity index (χ1) is 13.9. The van der Waals surface area contributed by atoms with E-state index in [-0.39, 0.29) is 23.8 Å². The average molecular weight is 499 g/mol. The standard InChI is InChI=1S/C20H17BrClNO5S/c1-2-27-16-11-13(21)9-12(18(16)24)10-17-19(25)23(20(26)29-17)7-8-28-15-6-4-3-5-14(15)22/h3-6,9-11,24H,2,7-8H2,1H3/b17-10-. The van der Waals surface area contributed by atoms with E-state index in [1.807, 2.05) is 0 Å². The highest BCUT2D eigenvalue weighted by Crippen LogP contribution is 2.38. The molecule has 9 heteroatoms. The second-order valence-corrected chi connectivity index (χ2v) is 8.20. The lowest BCUT2D eigenvalue weighted by Gasteiger charge is -2.13. The van der Waals surface area contributed by atoms with Crippen LogP contribution in [0.15, 0.2) is 45.8 Å². The van der Waals surface area contributed by atoms with Crippen molar-refractivity contribution in [2.75, 3.05) is 19.8 Å². The number of nitrogens with zero attached hydrogens (tertiary/aromatic N) is 1. The van der Waals surface area contributed by atoms with E-state index in [4.69, 9.17) is 21.1 Å². The van der Waals surface area contributed by atoms with Crippen molar-refractivity contribution in [3.8, 4) is 17.2 Å². The monoisotopic (exact) mass is 497 g/mol. The molecule has 2 aromatic carbocycles. The van der Waals surface area contributed by atoms with Crippen molar-refractivity contribution in [1.29, 1.82) is 0 Å². The van der Waals surface area contributed by atoms with Crippen LogP contribution in [0.1, 0.15) is 12.5 Å². The van der Waals surface area contributed by atoms with E-state index in [2.05, 4.69) is 15.9 Å². The molecule has 29 heavy (non-hydrogen) atoms. The van der Waals surface area contributed by atoms with Crippen molar-refractivity contribution in [3.05, 3.63) is 56.4 Å². The molecule has 3 rings (SSSR count). The Bertz CT molecular complexity index is 981. The normalized spacial score (nSPS) is 15.3. The number of hydrogen-bond donors (Lipinski definition) is 1. The van der Waals surface area contributed by atoms with Crippen LogP contribution >= 0.6 is 39.3 Å². The molecule has 1 fully saturated rings. The maximum atomic E-state index is 12.6. The van der Waals surface area contributed by atoms with Crippen LogP contribution in [0.4, 0.5) is 4.79 Å². The molecule has 1 aliphatic heterocycles. The van der Waals surface area contributed by atoms with Crippen molar-refractivity contribution >= 4 is 56.5 Å². The number of para-hydroxylation sites is 1. The van der Waals surface area contributed by atoms with Gasteiger partial charge in [-0.15, -0.1) is 0 Å². The molecule has 1 heterocycles. The predicted octanol–water partition coefficient (Wildman–Crippen LogP) is 5.32. The molecule has 1 aliphatic rings. The molecule has 1 N–H and O–H groups in total. The molecule has 2 amide bonds. The van der Waals surface area contributed by atoms with Gasteiger partial charge in [0.2, 0.25) is 0 Å². The summed E-state index contributed by atoms with van der Waals surface area (Å²) in [7, 11) is 0. The number of ether oxygens (including phenoxy) is 2. The van der Waals surface area contributed by atoms with Crippen molar-refractivity contribution < 1.29 is 24.2 Å². The zero-order valence-corrected chi connectivity index (χ0v) is 18.5. The van der Waals surface area contributed by atoms with Crippen LogP contribution in [0.25, 0.3) is 6.08 Å². The number of amides is 2. The van der Waals surface area contributed by atoms with Gasteiger partial charge in [-0.1, -0.05) is 39.7 Å². The van der Waals surface area contributed by atoms with Gasteiger partial charge >= 0.3 is 0 Å². The fraction of sp³-hybridized carbons (Fsp3) is 0.200. The molecule has 0 bridgehead atoms. The highest BCUT2D eigenvalue weighted by molar-refractivity contribution is 9.10.